The summed E-state index contributed by atoms with van der Waals surface area (Å²) >= 11 is 1.26. The number of carbonyl (C=O) groups excluding carboxylic acids is 2. The molecule has 0 aliphatic carbocycles. The van der Waals surface area contributed by atoms with Crippen LogP contribution < -0.4 is 10.6 Å². The first-order valence-corrected chi connectivity index (χ1v) is 5.77. The average molecular weight is 240 g/mol. The molecule has 2 N–H and O–H groups in total. The number of rotatable bonds is 3. The van der Waals surface area contributed by atoms with Crippen molar-refractivity contribution in [2.24, 2.45) is 5.92 Å². The molecular formula is C10H12N2O3S. The molecular weight excluding hydrogens is 228 g/mol. The summed E-state index contributed by atoms with van der Waals surface area (Å²) in [6.07, 6.45) is 0. The molecule has 0 unspecified atom stereocenters. The van der Waals surface area contributed by atoms with Gasteiger partial charge < -0.3 is 15.4 Å². The number of esters is 1. The van der Waals surface area contributed by atoms with Gasteiger partial charge in [-0.2, -0.15) is 0 Å². The highest BCUT2D eigenvalue weighted by Gasteiger charge is 2.26. The van der Waals surface area contributed by atoms with Crippen LogP contribution in [-0.2, 0) is 9.53 Å². The van der Waals surface area contributed by atoms with Crippen LogP contribution in [0.4, 0.5) is 5.69 Å². The maximum Gasteiger partial charge on any atom is 0.350 e. The van der Waals surface area contributed by atoms with Crippen LogP contribution in [0.2, 0.25) is 0 Å². The van der Waals surface area contributed by atoms with Crippen LogP contribution >= 0.6 is 11.3 Å². The summed E-state index contributed by atoms with van der Waals surface area (Å²) in [6, 6.07) is 1.71. The number of ether oxygens (including phenoxy) is 1. The Kier molecular flexibility index (Phi) is 3.21. The summed E-state index contributed by atoms with van der Waals surface area (Å²) in [5.41, 5.74) is 0.536. The lowest BCUT2D eigenvalue weighted by atomic mass is 10.0. The van der Waals surface area contributed by atoms with Crippen LogP contribution in [0.3, 0.4) is 0 Å². The molecule has 5 nitrogen and oxygen atoms in total. The lowest BCUT2D eigenvalue weighted by molar-refractivity contribution is -0.121. The molecule has 16 heavy (non-hydrogen) atoms. The molecule has 0 spiro atoms. The third-order valence-electron chi connectivity index (χ3n) is 2.45. The van der Waals surface area contributed by atoms with E-state index >= 15 is 0 Å². The lowest BCUT2D eigenvalue weighted by Gasteiger charge is -2.25. The van der Waals surface area contributed by atoms with Crippen molar-refractivity contribution in [2.45, 2.75) is 0 Å². The molecule has 0 bridgehead atoms. The zero-order valence-corrected chi connectivity index (χ0v) is 9.60. The van der Waals surface area contributed by atoms with E-state index in [0.29, 0.717) is 23.7 Å². The van der Waals surface area contributed by atoms with E-state index in [1.54, 1.807) is 11.4 Å². The molecule has 0 aromatic carbocycles. The van der Waals surface area contributed by atoms with Gasteiger partial charge in [-0.3, -0.25) is 4.79 Å². The summed E-state index contributed by atoms with van der Waals surface area (Å²) in [5, 5.41) is 7.51. The second-order valence-electron chi connectivity index (χ2n) is 3.50. The molecule has 0 atom stereocenters. The average Bonchev–Trinajstić information content (AvgIpc) is 2.62. The predicted octanol–water partition coefficient (Wildman–Crippen LogP) is 0.693. The van der Waals surface area contributed by atoms with E-state index in [-0.39, 0.29) is 11.8 Å². The minimum Gasteiger partial charge on any atom is -0.465 e. The first-order chi connectivity index (χ1) is 7.72. The zero-order valence-electron chi connectivity index (χ0n) is 8.78. The van der Waals surface area contributed by atoms with E-state index in [2.05, 4.69) is 15.4 Å². The van der Waals surface area contributed by atoms with Crippen molar-refractivity contribution in [3.63, 3.8) is 0 Å². The van der Waals surface area contributed by atoms with Crippen molar-refractivity contribution in [1.29, 1.82) is 0 Å². The van der Waals surface area contributed by atoms with Gasteiger partial charge in [0.05, 0.1) is 18.7 Å². The van der Waals surface area contributed by atoms with Crippen molar-refractivity contribution in [3.05, 3.63) is 16.3 Å². The number of hydrogen-bond donors (Lipinski definition) is 2. The van der Waals surface area contributed by atoms with Crippen molar-refractivity contribution >= 4 is 28.9 Å². The SMILES string of the molecule is COC(=O)c1sccc1NC(=O)C1CNC1. The minimum atomic E-state index is -0.419. The van der Waals surface area contributed by atoms with Gasteiger partial charge in [0.15, 0.2) is 0 Å². The molecule has 1 aromatic rings. The molecule has 1 aliphatic heterocycles. The molecule has 1 aromatic heterocycles. The topological polar surface area (TPSA) is 67.4 Å². The van der Waals surface area contributed by atoms with Crippen LogP contribution in [-0.4, -0.2) is 32.1 Å². The van der Waals surface area contributed by atoms with E-state index in [9.17, 15) is 9.59 Å². The maximum atomic E-state index is 11.7. The van der Waals surface area contributed by atoms with Crippen LogP contribution in [0.1, 0.15) is 9.67 Å². The first kappa shape index (κ1) is 11.1. The van der Waals surface area contributed by atoms with Gasteiger partial charge >= 0.3 is 5.97 Å². The Morgan fingerprint density at radius 1 is 1.56 bits per heavy atom. The maximum absolute atomic E-state index is 11.7. The van der Waals surface area contributed by atoms with Crippen molar-refractivity contribution in [2.75, 3.05) is 25.5 Å². The molecule has 0 radical (unpaired) electrons. The summed E-state index contributed by atoms with van der Waals surface area (Å²) in [4.78, 5) is 23.4. The van der Waals surface area contributed by atoms with E-state index in [4.69, 9.17) is 0 Å². The number of amides is 1. The van der Waals surface area contributed by atoms with E-state index in [0.717, 1.165) is 0 Å². The van der Waals surface area contributed by atoms with Gasteiger partial charge in [-0.15, -0.1) is 11.3 Å². The standard InChI is InChI=1S/C10H12N2O3S/c1-15-10(14)8-7(2-3-16-8)12-9(13)6-4-11-5-6/h2-3,6,11H,4-5H2,1H3,(H,12,13). The number of thiophene rings is 1. The fourth-order valence-corrected chi connectivity index (χ4v) is 2.13. The number of hydrogen-bond acceptors (Lipinski definition) is 5. The molecule has 1 fully saturated rings. The Morgan fingerprint density at radius 3 is 2.88 bits per heavy atom. The highest BCUT2D eigenvalue weighted by molar-refractivity contribution is 7.12. The highest BCUT2D eigenvalue weighted by Crippen LogP contribution is 2.23. The molecule has 1 amide bonds. The van der Waals surface area contributed by atoms with Gasteiger partial charge in [-0.05, 0) is 11.4 Å². The fraction of sp³-hybridized carbons (Fsp3) is 0.400. The monoisotopic (exact) mass is 240 g/mol. The smallest absolute Gasteiger partial charge is 0.350 e. The molecule has 2 rings (SSSR count). The fourth-order valence-electron chi connectivity index (χ4n) is 1.37. The van der Waals surface area contributed by atoms with Crippen molar-refractivity contribution in [3.8, 4) is 0 Å². The molecule has 1 aliphatic rings. The Labute approximate surface area is 96.8 Å². The highest BCUT2D eigenvalue weighted by atomic mass is 32.1. The Morgan fingerprint density at radius 2 is 2.31 bits per heavy atom. The van der Waals surface area contributed by atoms with Gasteiger partial charge in [0.1, 0.15) is 4.88 Å². The predicted molar refractivity (Wildman–Crippen MR) is 60.6 cm³/mol. The van der Waals surface area contributed by atoms with Crippen molar-refractivity contribution in [1.82, 2.24) is 5.32 Å². The first-order valence-electron chi connectivity index (χ1n) is 4.89. The third kappa shape index (κ3) is 2.07. The van der Waals surface area contributed by atoms with Gasteiger partial charge in [0.25, 0.3) is 0 Å². The van der Waals surface area contributed by atoms with Crippen LogP contribution in [0.25, 0.3) is 0 Å². The van der Waals surface area contributed by atoms with E-state index in [1.165, 1.54) is 18.4 Å². The van der Waals surface area contributed by atoms with Gasteiger partial charge in [0.2, 0.25) is 5.91 Å². The summed E-state index contributed by atoms with van der Waals surface area (Å²) in [6.45, 7) is 1.40. The summed E-state index contributed by atoms with van der Waals surface area (Å²) < 4.78 is 4.63. The number of anilines is 1. The Hall–Kier alpha value is -1.40. The van der Waals surface area contributed by atoms with Crippen LogP contribution in [0.15, 0.2) is 11.4 Å². The molecule has 2 heterocycles. The largest absolute Gasteiger partial charge is 0.465 e. The quantitative estimate of drug-likeness (QED) is 0.763. The van der Waals surface area contributed by atoms with Gasteiger partial charge in [-0.1, -0.05) is 0 Å². The number of carbonyl (C=O) groups is 2. The Bertz CT molecular complexity index is 412. The third-order valence-corrected chi connectivity index (χ3v) is 3.34. The zero-order chi connectivity index (χ0) is 11.5. The van der Waals surface area contributed by atoms with Crippen LogP contribution in [0, 0.1) is 5.92 Å². The van der Waals surface area contributed by atoms with Gasteiger partial charge in [-0.25, -0.2) is 4.79 Å². The van der Waals surface area contributed by atoms with E-state index in [1.807, 2.05) is 0 Å². The summed E-state index contributed by atoms with van der Waals surface area (Å²) in [5.74, 6) is -0.468. The normalized spacial score (nSPS) is 15.3. The minimum absolute atomic E-state index is 0.00500. The second-order valence-corrected chi connectivity index (χ2v) is 4.42. The molecule has 86 valence electrons. The number of methoxy groups -OCH3 is 1. The summed E-state index contributed by atoms with van der Waals surface area (Å²) in [7, 11) is 1.32. The van der Waals surface area contributed by atoms with E-state index < -0.39 is 5.97 Å². The second kappa shape index (κ2) is 4.63. The Balaban J connectivity index is 2.06. The molecule has 1 saturated heterocycles. The van der Waals surface area contributed by atoms with Crippen LogP contribution in [0.5, 0.6) is 0 Å². The molecule has 0 saturated carbocycles. The number of nitrogens with one attached hydrogen (secondary N) is 2. The molecule has 6 heteroatoms. The van der Waals surface area contributed by atoms with Crippen molar-refractivity contribution < 1.29 is 14.3 Å². The van der Waals surface area contributed by atoms with Gasteiger partial charge in [0, 0.05) is 13.1 Å². The lowest BCUT2D eigenvalue weighted by Crippen LogP contribution is -2.48.